The fourth-order valence-corrected chi connectivity index (χ4v) is 2.68. The van der Waals surface area contributed by atoms with Crippen LogP contribution in [-0.2, 0) is 13.8 Å². The van der Waals surface area contributed by atoms with Crippen molar-refractivity contribution in [3.8, 4) is 0 Å². The Balaban J connectivity index is 3.01. The molecule has 8 heteroatoms. The smallest absolute Gasteiger partial charge is 0.339 e. The van der Waals surface area contributed by atoms with Crippen LogP contribution in [0.15, 0.2) is 17.0 Å². The molecule has 0 aromatic heterocycles. The van der Waals surface area contributed by atoms with E-state index in [1.165, 1.54) is 0 Å². The minimum absolute atomic E-state index is 0.141. The summed E-state index contributed by atoms with van der Waals surface area (Å²) >= 11 is 5.67. The van der Waals surface area contributed by atoms with Gasteiger partial charge in [-0.25, -0.2) is 17.6 Å². The van der Waals surface area contributed by atoms with E-state index in [1.807, 2.05) is 13.8 Å². The molecular formula is C13H15Cl2FO4S. The molecule has 1 rings (SSSR count). The minimum Gasteiger partial charge on any atom is -0.462 e. The summed E-state index contributed by atoms with van der Waals surface area (Å²) in [6.07, 6.45) is 1.81. The van der Waals surface area contributed by atoms with Crippen LogP contribution < -0.4 is 0 Å². The van der Waals surface area contributed by atoms with Crippen LogP contribution in [0.2, 0.25) is 5.02 Å². The van der Waals surface area contributed by atoms with Gasteiger partial charge >= 0.3 is 5.97 Å². The van der Waals surface area contributed by atoms with Crippen LogP contribution in [0, 0.1) is 11.7 Å². The zero-order valence-corrected chi connectivity index (χ0v) is 13.9. The predicted molar refractivity (Wildman–Crippen MR) is 78.8 cm³/mol. The number of halogens is 3. The highest BCUT2D eigenvalue weighted by Gasteiger charge is 2.22. The van der Waals surface area contributed by atoms with Gasteiger partial charge < -0.3 is 4.74 Å². The van der Waals surface area contributed by atoms with Crippen molar-refractivity contribution in [2.75, 3.05) is 6.61 Å². The van der Waals surface area contributed by atoms with Crippen LogP contribution in [-0.4, -0.2) is 21.0 Å². The molecule has 0 saturated heterocycles. The SMILES string of the molecule is CCCC(C)COC(=O)c1cc(S(=O)(=O)Cl)cc(F)c1Cl. The van der Waals surface area contributed by atoms with Gasteiger partial charge in [-0.05, 0) is 24.5 Å². The molecule has 0 aliphatic carbocycles. The maximum absolute atomic E-state index is 13.6. The lowest BCUT2D eigenvalue weighted by Crippen LogP contribution is -2.13. The summed E-state index contributed by atoms with van der Waals surface area (Å²) in [6.45, 7) is 4.04. The van der Waals surface area contributed by atoms with Crippen molar-refractivity contribution < 1.29 is 22.3 Å². The summed E-state index contributed by atoms with van der Waals surface area (Å²) in [5.41, 5.74) is -0.361. The Labute approximate surface area is 132 Å². The van der Waals surface area contributed by atoms with Gasteiger partial charge in [0.15, 0.2) is 0 Å². The minimum atomic E-state index is -4.17. The lowest BCUT2D eigenvalue weighted by molar-refractivity contribution is 0.0443. The summed E-state index contributed by atoms with van der Waals surface area (Å²) in [5, 5.41) is -0.493. The van der Waals surface area contributed by atoms with Crippen molar-refractivity contribution in [3.63, 3.8) is 0 Å². The zero-order valence-electron chi connectivity index (χ0n) is 11.5. The number of hydrogen-bond donors (Lipinski definition) is 0. The first-order valence-corrected chi connectivity index (χ1v) is 8.96. The Hall–Kier alpha value is -0.850. The summed E-state index contributed by atoms with van der Waals surface area (Å²) in [5.74, 6) is -1.79. The maximum Gasteiger partial charge on any atom is 0.339 e. The van der Waals surface area contributed by atoms with Crippen LogP contribution in [0.5, 0.6) is 0 Å². The second-order valence-corrected chi connectivity index (χ2v) is 7.64. The van der Waals surface area contributed by atoms with E-state index in [0.717, 1.165) is 18.9 Å². The van der Waals surface area contributed by atoms with Gasteiger partial charge in [0.25, 0.3) is 9.05 Å². The van der Waals surface area contributed by atoms with E-state index < -0.39 is 30.8 Å². The van der Waals surface area contributed by atoms with Crippen LogP contribution in [0.4, 0.5) is 4.39 Å². The molecule has 4 nitrogen and oxygen atoms in total. The third-order valence-electron chi connectivity index (χ3n) is 2.78. The topological polar surface area (TPSA) is 60.4 Å². The third-order valence-corrected chi connectivity index (χ3v) is 4.50. The van der Waals surface area contributed by atoms with Gasteiger partial charge in [0, 0.05) is 10.7 Å². The van der Waals surface area contributed by atoms with E-state index in [4.69, 9.17) is 27.0 Å². The number of esters is 1. The second kappa shape index (κ2) is 7.42. The first-order chi connectivity index (χ1) is 9.66. The molecule has 0 fully saturated rings. The first kappa shape index (κ1) is 18.2. The molecule has 0 aliphatic heterocycles. The molecule has 118 valence electrons. The second-order valence-electron chi connectivity index (χ2n) is 4.70. The normalized spacial score (nSPS) is 13.0. The highest BCUT2D eigenvalue weighted by Crippen LogP contribution is 2.27. The summed E-state index contributed by atoms with van der Waals surface area (Å²) in [6, 6.07) is 1.56. The van der Waals surface area contributed by atoms with Crippen molar-refractivity contribution >= 4 is 37.3 Å². The average molecular weight is 357 g/mol. The molecule has 1 aromatic carbocycles. The van der Waals surface area contributed by atoms with Crippen molar-refractivity contribution in [1.82, 2.24) is 0 Å². The van der Waals surface area contributed by atoms with Gasteiger partial charge in [-0.15, -0.1) is 0 Å². The third kappa shape index (κ3) is 5.13. The predicted octanol–water partition coefficient (Wildman–Crippen LogP) is 4.00. The van der Waals surface area contributed by atoms with Gasteiger partial charge in [-0.2, -0.15) is 0 Å². The average Bonchev–Trinajstić information content (AvgIpc) is 2.38. The number of carbonyl (C=O) groups excluding carboxylic acids is 1. The zero-order chi connectivity index (χ0) is 16.2. The van der Waals surface area contributed by atoms with E-state index in [1.54, 1.807) is 0 Å². The summed E-state index contributed by atoms with van der Waals surface area (Å²) < 4.78 is 41.1. The maximum atomic E-state index is 13.6. The van der Waals surface area contributed by atoms with E-state index in [9.17, 15) is 17.6 Å². The molecule has 0 amide bonds. The van der Waals surface area contributed by atoms with Gasteiger partial charge in [0.2, 0.25) is 0 Å². The summed E-state index contributed by atoms with van der Waals surface area (Å²) in [7, 11) is 0.966. The Bertz CT molecular complexity index is 631. The highest BCUT2D eigenvalue weighted by atomic mass is 35.7. The number of rotatable bonds is 6. The molecule has 0 saturated carbocycles. The monoisotopic (exact) mass is 356 g/mol. The van der Waals surface area contributed by atoms with Crippen LogP contribution >= 0.6 is 22.3 Å². The van der Waals surface area contributed by atoms with Gasteiger partial charge in [0.05, 0.1) is 22.1 Å². The molecule has 1 aromatic rings. The number of carbonyl (C=O) groups is 1. The van der Waals surface area contributed by atoms with Crippen molar-refractivity contribution in [2.45, 2.75) is 31.6 Å². The van der Waals surface area contributed by atoms with E-state index in [-0.39, 0.29) is 18.1 Å². The summed E-state index contributed by atoms with van der Waals surface area (Å²) in [4.78, 5) is 11.4. The Morgan fingerprint density at radius 1 is 1.43 bits per heavy atom. The van der Waals surface area contributed by atoms with Crippen LogP contribution in [0.1, 0.15) is 37.0 Å². The van der Waals surface area contributed by atoms with Crippen LogP contribution in [0.25, 0.3) is 0 Å². The standard InChI is InChI=1S/C13H15Cl2FO4S/c1-3-4-8(2)7-20-13(17)10-5-9(21(15,18)19)6-11(16)12(10)14/h5-6,8H,3-4,7H2,1-2H3. The molecule has 0 bridgehead atoms. The molecule has 0 aliphatic rings. The molecule has 0 spiro atoms. The van der Waals surface area contributed by atoms with Crippen molar-refractivity contribution in [1.29, 1.82) is 0 Å². The Morgan fingerprint density at radius 2 is 2.05 bits per heavy atom. The number of benzene rings is 1. The van der Waals surface area contributed by atoms with E-state index in [2.05, 4.69) is 0 Å². The largest absolute Gasteiger partial charge is 0.462 e. The quantitative estimate of drug-likeness (QED) is 0.570. The lowest BCUT2D eigenvalue weighted by Gasteiger charge is -2.12. The van der Waals surface area contributed by atoms with Crippen molar-refractivity contribution in [2.24, 2.45) is 5.92 Å². The van der Waals surface area contributed by atoms with E-state index >= 15 is 0 Å². The highest BCUT2D eigenvalue weighted by molar-refractivity contribution is 8.13. The molecule has 21 heavy (non-hydrogen) atoms. The van der Waals surface area contributed by atoms with Gasteiger partial charge in [-0.1, -0.05) is 31.9 Å². The fourth-order valence-electron chi connectivity index (χ4n) is 1.73. The first-order valence-electron chi connectivity index (χ1n) is 6.27. The number of ether oxygens (including phenoxy) is 1. The molecular weight excluding hydrogens is 342 g/mol. The molecule has 0 N–H and O–H groups in total. The Morgan fingerprint density at radius 3 is 2.57 bits per heavy atom. The Kier molecular flexibility index (Phi) is 6.43. The number of hydrogen-bond acceptors (Lipinski definition) is 4. The van der Waals surface area contributed by atoms with Crippen molar-refractivity contribution in [3.05, 3.63) is 28.5 Å². The van der Waals surface area contributed by atoms with E-state index in [0.29, 0.717) is 6.07 Å². The molecule has 1 atom stereocenters. The molecule has 0 radical (unpaired) electrons. The van der Waals surface area contributed by atoms with Crippen LogP contribution in [0.3, 0.4) is 0 Å². The van der Waals surface area contributed by atoms with Gasteiger partial charge in [0.1, 0.15) is 5.82 Å². The molecule has 1 unspecified atom stereocenters. The molecule has 0 heterocycles. The fraction of sp³-hybridized carbons (Fsp3) is 0.462. The van der Waals surface area contributed by atoms with Gasteiger partial charge in [-0.3, -0.25) is 0 Å². The lowest BCUT2D eigenvalue weighted by atomic mass is 10.1.